The fourth-order valence-corrected chi connectivity index (χ4v) is 3.32. The Morgan fingerprint density at radius 3 is 2.68 bits per heavy atom. The van der Waals surface area contributed by atoms with Gasteiger partial charge in [0.1, 0.15) is 5.75 Å². The minimum Gasteiger partial charge on any atom is -0.507 e. The highest BCUT2D eigenvalue weighted by atomic mass is 35.5. The molecule has 0 saturated heterocycles. The van der Waals surface area contributed by atoms with Crippen molar-refractivity contribution in [1.82, 2.24) is 0 Å². The van der Waals surface area contributed by atoms with Crippen molar-refractivity contribution in [2.75, 3.05) is 18.0 Å². The van der Waals surface area contributed by atoms with Crippen molar-refractivity contribution in [3.8, 4) is 5.75 Å². The topological polar surface area (TPSA) is 23.5 Å². The number of nitrogens with zero attached hydrogens (tertiary/aromatic N) is 1. The molecule has 3 rings (SSSR count). The molecule has 2 aromatic rings. The highest BCUT2D eigenvalue weighted by Crippen LogP contribution is 2.46. The van der Waals surface area contributed by atoms with Gasteiger partial charge in [-0.25, -0.2) is 0 Å². The van der Waals surface area contributed by atoms with Gasteiger partial charge in [-0.05, 0) is 24.8 Å². The summed E-state index contributed by atoms with van der Waals surface area (Å²) in [4.78, 5) is 2.30. The van der Waals surface area contributed by atoms with E-state index in [1.54, 1.807) is 0 Å². The third-order valence-corrected chi connectivity index (χ3v) is 4.41. The van der Waals surface area contributed by atoms with Crippen LogP contribution in [0.5, 0.6) is 5.75 Å². The van der Waals surface area contributed by atoms with E-state index in [9.17, 15) is 5.11 Å². The Kier molecular flexibility index (Phi) is 3.06. The van der Waals surface area contributed by atoms with Crippen molar-refractivity contribution in [3.63, 3.8) is 0 Å². The Morgan fingerprint density at radius 1 is 1.37 bits per heavy atom. The lowest BCUT2D eigenvalue weighted by molar-refractivity contribution is 0.481. The number of likely N-dealkylation sites (N-methyl/N-ethyl adjacent to an activating group) is 1. The number of phenolic OH excluding ortho intramolecular Hbond substituents is 1. The average Bonchev–Trinajstić information content (AvgIpc) is 2.78. The minimum atomic E-state index is 0.0863. The van der Waals surface area contributed by atoms with Gasteiger partial charge >= 0.3 is 0 Å². The molecule has 2 nitrogen and oxygen atoms in total. The summed E-state index contributed by atoms with van der Waals surface area (Å²) < 4.78 is 0. The molecule has 100 valence electrons. The maximum Gasteiger partial charge on any atom is 0.125 e. The van der Waals surface area contributed by atoms with Gasteiger partial charge in [-0.2, -0.15) is 0 Å². The molecule has 2 atom stereocenters. The standard InChI is InChI=1S/C16H18ClNO/c1-3-18-9-13(10(2)17)16-12-7-5-4-6-11(12)15(19)8-14(16)18/h4-8,10,13,19H,3,9H2,1-2H3. The summed E-state index contributed by atoms with van der Waals surface area (Å²) >= 11 is 6.39. The summed E-state index contributed by atoms with van der Waals surface area (Å²) in [6, 6.07) is 9.92. The number of aromatic hydroxyl groups is 1. The average molecular weight is 276 g/mol. The van der Waals surface area contributed by atoms with Gasteiger partial charge in [-0.3, -0.25) is 0 Å². The molecule has 0 fully saturated rings. The summed E-state index contributed by atoms with van der Waals surface area (Å²) in [6.07, 6.45) is 0. The van der Waals surface area contributed by atoms with Crippen LogP contribution in [0.2, 0.25) is 0 Å². The van der Waals surface area contributed by atoms with Crippen LogP contribution in [0.15, 0.2) is 30.3 Å². The second kappa shape index (κ2) is 4.61. The fraction of sp³-hybridized carbons (Fsp3) is 0.375. The van der Waals surface area contributed by atoms with E-state index in [1.807, 2.05) is 24.3 Å². The fourth-order valence-electron chi connectivity index (χ4n) is 3.12. The van der Waals surface area contributed by atoms with Crippen LogP contribution in [0.1, 0.15) is 25.3 Å². The zero-order valence-electron chi connectivity index (χ0n) is 11.2. The van der Waals surface area contributed by atoms with E-state index in [0.29, 0.717) is 11.7 Å². The van der Waals surface area contributed by atoms with Crippen LogP contribution < -0.4 is 4.90 Å². The van der Waals surface area contributed by atoms with E-state index in [4.69, 9.17) is 11.6 Å². The van der Waals surface area contributed by atoms with Crippen LogP contribution in [0, 0.1) is 0 Å². The van der Waals surface area contributed by atoms with Gasteiger partial charge in [0.05, 0.1) is 0 Å². The third kappa shape index (κ3) is 1.86. The molecule has 1 aliphatic heterocycles. The van der Waals surface area contributed by atoms with Crippen LogP contribution in [-0.2, 0) is 0 Å². The second-order valence-electron chi connectivity index (χ2n) is 5.20. The lowest BCUT2D eigenvalue weighted by atomic mass is 9.92. The highest BCUT2D eigenvalue weighted by Gasteiger charge is 2.33. The lowest BCUT2D eigenvalue weighted by Crippen LogP contribution is -2.23. The number of halogens is 1. The quantitative estimate of drug-likeness (QED) is 0.834. The summed E-state index contributed by atoms with van der Waals surface area (Å²) in [5.41, 5.74) is 2.42. The molecule has 1 heterocycles. The van der Waals surface area contributed by atoms with Crippen molar-refractivity contribution in [2.45, 2.75) is 25.1 Å². The molecular weight excluding hydrogens is 258 g/mol. The van der Waals surface area contributed by atoms with Crippen molar-refractivity contribution in [2.24, 2.45) is 0 Å². The molecule has 19 heavy (non-hydrogen) atoms. The van der Waals surface area contributed by atoms with Crippen LogP contribution >= 0.6 is 11.6 Å². The number of alkyl halides is 1. The molecule has 1 aliphatic rings. The number of rotatable bonds is 2. The predicted molar refractivity (Wildman–Crippen MR) is 81.6 cm³/mol. The Balaban J connectivity index is 2.32. The minimum absolute atomic E-state index is 0.0863. The van der Waals surface area contributed by atoms with Crippen molar-refractivity contribution >= 4 is 28.1 Å². The first-order chi connectivity index (χ1) is 9.13. The van der Waals surface area contributed by atoms with Crippen LogP contribution in [0.25, 0.3) is 10.8 Å². The number of fused-ring (bicyclic) bond motifs is 3. The normalized spacial score (nSPS) is 19.7. The number of hydrogen-bond donors (Lipinski definition) is 1. The van der Waals surface area contributed by atoms with Crippen LogP contribution in [0.4, 0.5) is 5.69 Å². The van der Waals surface area contributed by atoms with E-state index < -0.39 is 0 Å². The van der Waals surface area contributed by atoms with Gasteiger partial charge in [-0.15, -0.1) is 11.6 Å². The molecule has 0 aromatic heterocycles. The molecule has 0 spiro atoms. The van der Waals surface area contributed by atoms with E-state index in [0.717, 1.165) is 29.5 Å². The molecule has 3 heteroatoms. The summed E-state index contributed by atoms with van der Waals surface area (Å²) in [5, 5.41) is 12.3. The van der Waals surface area contributed by atoms with Gasteiger partial charge < -0.3 is 10.0 Å². The molecule has 2 aromatic carbocycles. The van der Waals surface area contributed by atoms with Gasteiger partial charge in [0.2, 0.25) is 0 Å². The van der Waals surface area contributed by atoms with Gasteiger partial charge in [0.15, 0.2) is 0 Å². The zero-order chi connectivity index (χ0) is 13.6. The van der Waals surface area contributed by atoms with Crippen molar-refractivity contribution < 1.29 is 5.11 Å². The predicted octanol–water partition coefficient (Wildman–Crippen LogP) is 4.10. The monoisotopic (exact) mass is 275 g/mol. The summed E-state index contributed by atoms with van der Waals surface area (Å²) in [6.45, 7) is 6.06. The first kappa shape index (κ1) is 12.6. The maximum absolute atomic E-state index is 10.2. The molecule has 2 unspecified atom stereocenters. The van der Waals surface area contributed by atoms with Gasteiger partial charge in [0.25, 0.3) is 0 Å². The Hall–Kier alpha value is -1.41. The largest absolute Gasteiger partial charge is 0.507 e. The smallest absolute Gasteiger partial charge is 0.125 e. The van der Waals surface area contributed by atoms with Crippen LogP contribution in [-0.4, -0.2) is 23.6 Å². The Labute approximate surface area is 118 Å². The van der Waals surface area contributed by atoms with E-state index >= 15 is 0 Å². The molecule has 0 amide bonds. The van der Waals surface area contributed by atoms with Gasteiger partial charge in [-0.1, -0.05) is 24.3 Å². The second-order valence-corrected chi connectivity index (χ2v) is 5.89. The first-order valence-corrected chi connectivity index (χ1v) is 7.20. The van der Waals surface area contributed by atoms with E-state index in [2.05, 4.69) is 24.8 Å². The zero-order valence-corrected chi connectivity index (χ0v) is 12.0. The Bertz CT molecular complexity index is 623. The SMILES string of the molecule is CCN1CC(C(C)Cl)c2c1cc(O)c1ccccc21. The summed E-state index contributed by atoms with van der Waals surface area (Å²) in [5.74, 6) is 0.679. The number of hydrogen-bond acceptors (Lipinski definition) is 2. The van der Waals surface area contributed by atoms with Gasteiger partial charge in [0, 0.05) is 41.5 Å². The molecule has 0 aliphatic carbocycles. The Morgan fingerprint density at radius 2 is 2.05 bits per heavy atom. The lowest BCUT2D eigenvalue weighted by Gasteiger charge is -2.17. The highest BCUT2D eigenvalue weighted by molar-refractivity contribution is 6.21. The van der Waals surface area contributed by atoms with Crippen LogP contribution in [0.3, 0.4) is 0 Å². The third-order valence-electron chi connectivity index (χ3n) is 4.11. The molecule has 0 saturated carbocycles. The summed E-state index contributed by atoms with van der Waals surface area (Å²) in [7, 11) is 0. The maximum atomic E-state index is 10.2. The molecule has 0 radical (unpaired) electrons. The molecular formula is C16H18ClNO. The number of anilines is 1. The molecule has 1 N–H and O–H groups in total. The van der Waals surface area contributed by atoms with Crippen molar-refractivity contribution in [3.05, 3.63) is 35.9 Å². The number of benzene rings is 2. The number of phenols is 1. The van der Waals surface area contributed by atoms with E-state index in [1.165, 1.54) is 5.56 Å². The molecule has 0 bridgehead atoms. The van der Waals surface area contributed by atoms with Crippen molar-refractivity contribution in [1.29, 1.82) is 0 Å². The first-order valence-electron chi connectivity index (χ1n) is 6.77. The van der Waals surface area contributed by atoms with E-state index in [-0.39, 0.29) is 5.38 Å².